The van der Waals surface area contributed by atoms with Crippen LogP contribution in [0, 0.1) is 0 Å². The molecule has 1 aromatic rings. The van der Waals surface area contributed by atoms with Gasteiger partial charge in [-0.05, 0) is 30.8 Å². The fourth-order valence-electron chi connectivity index (χ4n) is 0.953. The van der Waals surface area contributed by atoms with Crippen molar-refractivity contribution in [2.75, 3.05) is 7.11 Å². The second-order valence-corrected chi connectivity index (χ2v) is 3.00. The van der Waals surface area contributed by atoms with Gasteiger partial charge in [0.15, 0.2) is 5.76 Å². The number of aliphatic hydroxyl groups is 1. The van der Waals surface area contributed by atoms with Crippen LogP contribution in [0.25, 0.3) is 0 Å². The maximum atomic E-state index is 11.4. The number of carbonyl (C=O) groups excluding carboxylic acids is 2. The molecule has 2 N–H and O–H groups in total. The van der Waals surface area contributed by atoms with Gasteiger partial charge in [-0.2, -0.15) is 5.48 Å². The number of hydrogen-bond donors (Lipinski definition) is 2. The number of methoxy groups -OCH3 is 1. The topological polar surface area (TPSA) is 84.9 Å². The molecule has 6 heteroatoms. The maximum absolute atomic E-state index is 11.4. The summed E-state index contributed by atoms with van der Waals surface area (Å²) in [5, 5.41) is 8.64. The van der Waals surface area contributed by atoms with Gasteiger partial charge >= 0.3 is 5.97 Å². The molecule has 0 unspecified atom stereocenters. The zero-order chi connectivity index (χ0) is 12.8. The molecule has 0 spiro atoms. The molecule has 0 atom stereocenters. The van der Waals surface area contributed by atoms with Crippen molar-refractivity contribution in [1.82, 2.24) is 5.48 Å². The molecule has 0 aliphatic carbocycles. The Labute approximate surface area is 97.4 Å². The molecule has 0 aliphatic heterocycles. The standard InChI is InChI=1S/C11H11NO5/c1-7(13)11(15)17-12-10(14)8-3-5-9(16-2)6-4-8/h3-6,13H,1H2,2H3,(H,12,14). The number of nitrogens with one attached hydrogen (secondary N) is 1. The summed E-state index contributed by atoms with van der Waals surface area (Å²) in [4.78, 5) is 26.5. The zero-order valence-electron chi connectivity index (χ0n) is 9.10. The molecule has 0 radical (unpaired) electrons. The van der Waals surface area contributed by atoms with Crippen molar-refractivity contribution in [3.8, 4) is 5.75 Å². The lowest BCUT2D eigenvalue weighted by molar-refractivity contribution is -0.147. The Hall–Kier alpha value is -2.50. The van der Waals surface area contributed by atoms with Crippen LogP contribution in [0.15, 0.2) is 36.6 Å². The van der Waals surface area contributed by atoms with Crippen molar-refractivity contribution < 1.29 is 24.3 Å². The first kappa shape index (κ1) is 12.6. The van der Waals surface area contributed by atoms with E-state index in [9.17, 15) is 9.59 Å². The molecule has 0 fully saturated rings. The van der Waals surface area contributed by atoms with Crippen molar-refractivity contribution in [3.63, 3.8) is 0 Å². The largest absolute Gasteiger partial charge is 0.502 e. The number of rotatable bonds is 3. The fourth-order valence-corrected chi connectivity index (χ4v) is 0.953. The van der Waals surface area contributed by atoms with Gasteiger partial charge in [-0.3, -0.25) is 4.79 Å². The van der Waals surface area contributed by atoms with Gasteiger partial charge in [0.25, 0.3) is 5.91 Å². The highest BCUT2D eigenvalue weighted by molar-refractivity contribution is 5.95. The smallest absolute Gasteiger partial charge is 0.396 e. The highest BCUT2D eigenvalue weighted by atomic mass is 16.7. The number of hydrogen-bond acceptors (Lipinski definition) is 5. The lowest BCUT2D eigenvalue weighted by atomic mass is 10.2. The first-order valence-corrected chi connectivity index (χ1v) is 4.58. The monoisotopic (exact) mass is 237 g/mol. The van der Waals surface area contributed by atoms with Gasteiger partial charge in [0, 0.05) is 5.56 Å². The average Bonchev–Trinajstić information content (AvgIpc) is 2.35. The van der Waals surface area contributed by atoms with E-state index >= 15 is 0 Å². The minimum atomic E-state index is -1.12. The predicted molar refractivity (Wildman–Crippen MR) is 58.3 cm³/mol. The van der Waals surface area contributed by atoms with E-state index in [2.05, 4.69) is 11.4 Å². The van der Waals surface area contributed by atoms with Crippen LogP contribution in [0.2, 0.25) is 0 Å². The second-order valence-electron chi connectivity index (χ2n) is 3.00. The van der Waals surface area contributed by atoms with E-state index in [4.69, 9.17) is 9.84 Å². The number of amides is 1. The Morgan fingerprint density at radius 2 is 1.88 bits per heavy atom. The summed E-state index contributed by atoms with van der Waals surface area (Å²) in [5.41, 5.74) is 2.15. The normalized spacial score (nSPS) is 9.24. The fraction of sp³-hybridized carbons (Fsp3) is 0.0909. The molecule has 0 bridgehead atoms. The Morgan fingerprint density at radius 1 is 1.29 bits per heavy atom. The van der Waals surface area contributed by atoms with Crippen LogP contribution >= 0.6 is 0 Å². The molecule has 0 heterocycles. The van der Waals surface area contributed by atoms with E-state index in [1.165, 1.54) is 19.2 Å². The molecule has 1 amide bonds. The summed E-state index contributed by atoms with van der Waals surface area (Å²) in [6.45, 7) is 2.94. The van der Waals surface area contributed by atoms with Crippen molar-refractivity contribution in [2.24, 2.45) is 0 Å². The van der Waals surface area contributed by atoms with Gasteiger partial charge in [-0.15, -0.1) is 0 Å². The Bertz CT molecular complexity index is 438. The highest BCUT2D eigenvalue weighted by Gasteiger charge is 2.10. The minimum absolute atomic E-state index is 0.280. The van der Waals surface area contributed by atoms with Gasteiger partial charge in [0.05, 0.1) is 7.11 Å². The Kier molecular flexibility index (Phi) is 4.10. The van der Waals surface area contributed by atoms with Crippen LogP contribution in [-0.2, 0) is 9.63 Å². The molecule has 1 aromatic carbocycles. The summed E-state index contributed by atoms with van der Waals surface area (Å²) in [7, 11) is 1.50. The third-order valence-corrected chi connectivity index (χ3v) is 1.82. The number of carbonyl (C=O) groups is 2. The number of hydroxylamine groups is 1. The van der Waals surface area contributed by atoms with Gasteiger partial charge in [0.1, 0.15) is 5.75 Å². The third kappa shape index (κ3) is 3.53. The number of ether oxygens (including phenoxy) is 1. The van der Waals surface area contributed by atoms with Crippen molar-refractivity contribution in [2.45, 2.75) is 0 Å². The second kappa shape index (κ2) is 5.55. The summed E-state index contributed by atoms with van der Waals surface area (Å²) >= 11 is 0. The third-order valence-electron chi connectivity index (χ3n) is 1.82. The summed E-state index contributed by atoms with van der Waals surface area (Å²) in [6.07, 6.45) is 0. The lowest BCUT2D eigenvalue weighted by Crippen LogP contribution is -2.27. The van der Waals surface area contributed by atoms with Crippen LogP contribution in [0.1, 0.15) is 10.4 Å². The molecule has 6 nitrogen and oxygen atoms in total. The molecular weight excluding hydrogens is 226 g/mol. The molecule has 90 valence electrons. The summed E-state index contributed by atoms with van der Waals surface area (Å²) < 4.78 is 4.92. The maximum Gasteiger partial charge on any atom is 0.396 e. The number of aliphatic hydroxyl groups excluding tert-OH is 1. The quantitative estimate of drug-likeness (QED) is 0.464. The van der Waals surface area contributed by atoms with Crippen LogP contribution in [0.3, 0.4) is 0 Å². The molecule has 0 aliphatic rings. The van der Waals surface area contributed by atoms with E-state index in [1.54, 1.807) is 12.1 Å². The van der Waals surface area contributed by atoms with Crippen LogP contribution < -0.4 is 10.2 Å². The summed E-state index contributed by atoms with van der Waals surface area (Å²) in [6, 6.07) is 6.16. The van der Waals surface area contributed by atoms with Crippen molar-refractivity contribution in [1.29, 1.82) is 0 Å². The van der Waals surface area contributed by atoms with E-state index in [-0.39, 0.29) is 5.56 Å². The zero-order valence-corrected chi connectivity index (χ0v) is 9.10. The Morgan fingerprint density at radius 3 is 2.35 bits per heavy atom. The molecule has 0 saturated heterocycles. The lowest BCUT2D eigenvalue weighted by Gasteiger charge is -2.05. The molecule has 0 aromatic heterocycles. The molecule has 1 rings (SSSR count). The summed E-state index contributed by atoms with van der Waals surface area (Å²) in [5.74, 6) is -1.93. The first-order chi connectivity index (χ1) is 8.04. The highest BCUT2D eigenvalue weighted by Crippen LogP contribution is 2.10. The minimum Gasteiger partial charge on any atom is -0.502 e. The van der Waals surface area contributed by atoms with E-state index < -0.39 is 17.6 Å². The van der Waals surface area contributed by atoms with Gasteiger partial charge in [-0.1, -0.05) is 0 Å². The first-order valence-electron chi connectivity index (χ1n) is 4.58. The molecule has 0 saturated carbocycles. The van der Waals surface area contributed by atoms with E-state index in [1.807, 2.05) is 5.48 Å². The van der Waals surface area contributed by atoms with Crippen LogP contribution in [-0.4, -0.2) is 24.1 Å². The molecular formula is C11H11NO5. The Balaban J connectivity index is 2.58. The predicted octanol–water partition coefficient (Wildman–Crippen LogP) is 0.955. The van der Waals surface area contributed by atoms with Crippen molar-refractivity contribution in [3.05, 3.63) is 42.2 Å². The van der Waals surface area contributed by atoms with Crippen molar-refractivity contribution >= 4 is 11.9 Å². The number of benzene rings is 1. The van der Waals surface area contributed by atoms with Crippen LogP contribution in [0.4, 0.5) is 0 Å². The van der Waals surface area contributed by atoms with Gasteiger partial charge < -0.3 is 14.7 Å². The average molecular weight is 237 g/mol. The molecule has 17 heavy (non-hydrogen) atoms. The van der Waals surface area contributed by atoms with Gasteiger partial charge in [0.2, 0.25) is 0 Å². The van der Waals surface area contributed by atoms with E-state index in [0.29, 0.717) is 5.75 Å². The van der Waals surface area contributed by atoms with Gasteiger partial charge in [-0.25, -0.2) is 4.79 Å². The van der Waals surface area contributed by atoms with E-state index in [0.717, 1.165) is 0 Å². The SMILES string of the molecule is C=C(O)C(=O)ONC(=O)c1ccc(OC)cc1. The van der Waals surface area contributed by atoms with Crippen LogP contribution in [0.5, 0.6) is 5.75 Å².